The summed E-state index contributed by atoms with van der Waals surface area (Å²) in [6, 6.07) is 4.81. The summed E-state index contributed by atoms with van der Waals surface area (Å²) in [5.74, 6) is 0. The van der Waals surface area contributed by atoms with Crippen molar-refractivity contribution in [3.05, 3.63) is 40.7 Å². The molecule has 2 rings (SSSR count). The molecule has 0 amide bonds. The van der Waals surface area contributed by atoms with E-state index in [9.17, 15) is 8.42 Å². The quantitative estimate of drug-likeness (QED) is 0.898. The Morgan fingerprint density at radius 1 is 1.29 bits per heavy atom. The number of nitrogens with two attached hydrogens (primary N) is 1. The van der Waals surface area contributed by atoms with Crippen LogP contribution in [0.1, 0.15) is 22.5 Å². The average Bonchev–Trinajstić information content (AvgIpc) is 2.62. The molecule has 0 saturated carbocycles. The van der Waals surface area contributed by atoms with E-state index in [2.05, 4.69) is 10.4 Å². The van der Waals surface area contributed by atoms with Gasteiger partial charge in [-0.1, -0.05) is 6.07 Å². The van der Waals surface area contributed by atoms with Gasteiger partial charge in [0, 0.05) is 30.5 Å². The largest absolute Gasteiger partial charge is 0.381 e. The number of hydrogen-bond donors (Lipinski definition) is 2. The minimum Gasteiger partial charge on any atom is -0.381 e. The van der Waals surface area contributed by atoms with Crippen LogP contribution in [0, 0.1) is 20.8 Å². The van der Waals surface area contributed by atoms with Crippen LogP contribution in [0.15, 0.2) is 23.1 Å². The molecule has 3 N–H and O–H groups in total. The fourth-order valence-electron chi connectivity index (χ4n) is 2.23. The van der Waals surface area contributed by atoms with Crippen LogP contribution in [0.25, 0.3) is 0 Å². The molecule has 0 aliphatic heterocycles. The SMILES string of the molecule is Cc1ccc(S(N)(=O)=O)cc1NCc1c(C)nn(C)c1C. The topological polar surface area (TPSA) is 90.0 Å². The summed E-state index contributed by atoms with van der Waals surface area (Å²) in [4.78, 5) is 0.107. The highest BCUT2D eigenvalue weighted by atomic mass is 32.2. The molecule has 0 aliphatic rings. The third-order valence-corrected chi connectivity index (χ3v) is 4.56. The summed E-state index contributed by atoms with van der Waals surface area (Å²) in [6.07, 6.45) is 0. The number of benzene rings is 1. The van der Waals surface area contributed by atoms with Gasteiger partial charge in [0.2, 0.25) is 10.0 Å². The van der Waals surface area contributed by atoms with Gasteiger partial charge in [0.15, 0.2) is 0 Å². The number of nitrogens with zero attached hydrogens (tertiary/aromatic N) is 2. The van der Waals surface area contributed by atoms with Gasteiger partial charge in [0.1, 0.15) is 0 Å². The maximum atomic E-state index is 11.4. The smallest absolute Gasteiger partial charge is 0.238 e. The molecule has 1 heterocycles. The highest BCUT2D eigenvalue weighted by Crippen LogP contribution is 2.21. The predicted molar refractivity (Wildman–Crippen MR) is 82.6 cm³/mol. The number of hydrogen-bond acceptors (Lipinski definition) is 4. The van der Waals surface area contributed by atoms with Gasteiger partial charge >= 0.3 is 0 Å². The van der Waals surface area contributed by atoms with Crippen molar-refractivity contribution in [1.82, 2.24) is 9.78 Å². The van der Waals surface area contributed by atoms with Gasteiger partial charge in [-0.25, -0.2) is 13.6 Å². The van der Waals surface area contributed by atoms with E-state index in [1.54, 1.807) is 12.1 Å². The fraction of sp³-hybridized carbons (Fsp3) is 0.357. The first-order chi connectivity index (χ1) is 9.70. The van der Waals surface area contributed by atoms with Crippen molar-refractivity contribution in [2.75, 3.05) is 5.32 Å². The van der Waals surface area contributed by atoms with E-state index in [0.717, 1.165) is 28.2 Å². The second-order valence-corrected chi connectivity index (χ2v) is 6.71. The van der Waals surface area contributed by atoms with Crippen molar-refractivity contribution in [3.8, 4) is 0 Å². The van der Waals surface area contributed by atoms with Crippen molar-refractivity contribution in [3.63, 3.8) is 0 Å². The summed E-state index contributed by atoms with van der Waals surface area (Å²) in [5, 5.41) is 12.8. The number of nitrogens with one attached hydrogen (secondary N) is 1. The van der Waals surface area contributed by atoms with Crippen LogP contribution in [0.3, 0.4) is 0 Å². The second-order valence-electron chi connectivity index (χ2n) is 5.15. The Hall–Kier alpha value is -1.86. The Kier molecular flexibility index (Phi) is 4.06. The summed E-state index contributed by atoms with van der Waals surface area (Å²) in [6.45, 7) is 6.46. The number of primary sulfonamides is 1. The van der Waals surface area contributed by atoms with E-state index in [0.29, 0.717) is 6.54 Å². The Bertz CT molecular complexity index is 779. The lowest BCUT2D eigenvalue weighted by Gasteiger charge is -2.11. The molecule has 0 spiro atoms. The van der Waals surface area contributed by atoms with Gasteiger partial charge in [0.05, 0.1) is 10.6 Å². The molecular formula is C14H20N4O2S. The van der Waals surface area contributed by atoms with E-state index >= 15 is 0 Å². The Morgan fingerprint density at radius 3 is 2.48 bits per heavy atom. The molecule has 2 aromatic rings. The first-order valence-electron chi connectivity index (χ1n) is 6.56. The van der Waals surface area contributed by atoms with Crippen LogP contribution >= 0.6 is 0 Å². The monoisotopic (exact) mass is 308 g/mol. The lowest BCUT2D eigenvalue weighted by atomic mass is 10.1. The number of rotatable bonds is 4. The van der Waals surface area contributed by atoms with E-state index < -0.39 is 10.0 Å². The van der Waals surface area contributed by atoms with Crippen molar-refractivity contribution >= 4 is 15.7 Å². The van der Waals surface area contributed by atoms with E-state index in [1.807, 2.05) is 32.5 Å². The number of aryl methyl sites for hydroxylation is 3. The lowest BCUT2D eigenvalue weighted by Crippen LogP contribution is -2.13. The normalized spacial score (nSPS) is 11.7. The summed E-state index contributed by atoms with van der Waals surface area (Å²) in [5.41, 5.74) is 4.87. The summed E-state index contributed by atoms with van der Waals surface area (Å²) in [7, 11) is -1.79. The van der Waals surface area contributed by atoms with Gasteiger partial charge in [-0.15, -0.1) is 0 Å². The van der Waals surface area contributed by atoms with Crippen LogP contribution in [-0.4, -0.2) is 18.2 Å². The second kappa shape index (κ2) is 5.50. The molecule has 21 heavy (non-hydrogen) atoms. The highest BCUT2D eigenvalue weighted by Gasteiger charge is 2.12. The number of aromatic nitrogens is 2. The van der Waals surface area contributed by atoms with E-state index in [1.165, 1.54) is 6.07 Å². The molecule has 114 valence electrons. The van der Waals surface area contributed by atoms with E-state index in [-0.39, 0.29) is 4.90 Å². The van der Waals surface area contributed by atoms with Gasteiger partial charge in [-0.3, -0.25) is 4.68 Å². The maximum Gasteiger partial charge on any atom is 0.238 e. The molecule has 1 aromatic carbocycles. The molecular weight excluding hydrogens is 288 g/mol. The lowest BCUT2D eigenvalue weighted by molar-refractivity contribution is 0.598. The third-order valence-electron chi connectivity index (χ3n) is 3.65. The van der Waals surface area contributed by atoms with Crippen LogP contribution in [0.2, 0.25) is 0 Å². The Balaban J connectivity index is 2.28. The van der Waals surface area contributed by atoms with Crippen LogP contribution in [-0.2, 0) is 23.6 Å². The third kappa shape index (κ3) is 3.25. The van der Waals surface area contributed by atoms with Crippen LogP contribution in [0.5, 0.6) is 0 Å². The first-order valence-corrected chi connectivity index (χ1v) is 8.11. The zero-order valence-electron chi connectivity index (χ0n) is 12.6. The standard InChI is InChI=1S/C14H20N4O2S/c1-9-5-6-12(21(15,19)20)7-14(9)16-8-13-10(2)17-18(4)11(13)3/h5-7,16H,8H2,1-4H3,(H2,15,19,20). The molecule has 0 atom stereocenters. The number of sulfonamides is 1. The maximum absolute atomic E-state index is 11.4. The molecule has 1 aromatic heterocycles. The molecule has 0 fully saturated rings. The minimum absolute atomic E-state index is 0.107. The zero-order valence-corrected chi connectivity index (χ0v) is 13.5. The van der Waals surface area contributed by atoms with Crippen molar-refractivity contribution in [2.45, 2.75) is 32.2 Å². The molecule has 0 radical (unpaired) electrons. The van der Waals surface area contributed by atoms with Crippen LogP contribution < -0.4 is 10.5 Å². The molecule has 0 aliphatic carbocycles. The molecule has 0 bridgehead atoms. The zero-order chi connectivity index (χ0) is 15.8. The Morgan fingerprint density at radius 2 is 1.95 bits per heavy atom. The molecule has 6 nitrogen and oxygen atoms in total. The average molecular weight is 308 g/mol. The van der Waals surface area contributed by atoms with Gasteiger partial charge in [0.25, 0.3) is 0 Å². The molecule has 7 heteroatoms. The molecule has 0 unspecified atom stereocenters. The predicted octanol–water partition coefficient (Wildman–Crippen LogP) is 1.60. The van der Waals surface area contributed by atoms with Crippen molar-refractivity contribution in [2.24, 2.45) is 12.2 Å². The van der Waals surface area contributed by atoms with E-state index in [4.69, 9.17) is 5.14 Å². The fourth-order valence-corrected chi connectivity index (χ4v) is 2.77. The van der Waals surface area contributed by atoms with Gasteiger partial charge < -0.3 is 5.32 Å². The molecule has 0 saturated heterocycles. The minimum atomic E-state index is -3.69. The van der Waals surface area contributed by atoms with Crippen molar-refractivity contribution in [1.29, 1.82) is 0 Å². The van der Waals surface area contributed by atoms with Crippen molar-refractivity contribution < 1.29 is 8.42 Å². The Labute approximate surface area is 125 Å². The summed E-state index contributed by atoms with van der Waals surface area (Å²) < 4.78 is 24.7. The first kappa shape index (κ1) is 15.5. The highest BCUT2D eigenvalue weighted by molar-refractivity contribution is 7.89. The summed E-state index contributed by atoms with van der Waals surface area (Å²) >= 11 is 0. The number of anilines is 1. The van der Waals surface area contributed by atoms with Gasteiger partial charge in [-0.2, -0.15) is 5.10 Å². The van der Waals surface area contributed by atoms with Crippen LogP contribution in [0.4, 0.5) is 5.69 Å². The van der Waals surface area contributed by atoms with Gasteiger partial charge in [-0.05, 0) is 38.5 Å².